The molecule has 0 saturated heterocycles. The van der Waals surface area contributed by atoms with E-state index in [1.807, 2.05) is 0 Å². The Labute approximate surface area is 111 Å². The molecule has 1 aliphatic rings. The Bertz CT molecular complexity index is 455. The van der Waals surface area contributed by atoms with Crippen LogP contribution >= 0.6 is 11.6 Å². The topological polar surface area (TPSA) is 43.1 Å². The van der Waals surface area contributed by atoms with E-state index in [1.54, 1.807) is 0 Å². The van der Waals surface area contributed by atoms with Gasteiger partial charge < -0.3 is 5.73 Å². The van der Waals surface area contributed by atoms with Gasteiger partial charge in [0.2, 0.25) is 0 Å². The molecule has 1 saturated carbocycles. The highest BCUT2D eigenvalue weighted by Crippen LogP contribution is 2.39. The van der Waals surface area contributed by atoms with E-state index in [1.165, 1.54) is 18.2 Å². The van der Waals surface area contributed by atoms with Crippen molar-refractivity contribution < 1.29 is 9.18 Å². The van der Waals surface area contributed by atoms with E-state index in [2.05, 4.69) is 0 Å². The monoisotopic (exact) mass is 269 g/mol. The number of hydrogen-bond donors (Lipinski definition) is 1. The average molecular weight is 270 g/mol. The molecule has 2 nitrogen and oxygen atoms in total. The molecule has 0 aliphatic heterocycles. The molecule has 0 bridgehead atoms. The maximum absolute atomic E-state index is 13.6. The first-order valence-electron chi connectivity index (χ1n) is 6.25. The molecule has 0 unspecified atom stereocenters. The van der Waals surface area contributed by atoms with E-state index in [0.29, 0.717) is 17.1 Å². The predicted octanol–water partition coefficient (Wildman–Crippen LogP) is 3.11. The quantitative estimate of drug-likeness (QED) is 0.913. The van der Waals surface area contributed by atoms with Crippen molar-refractivity contribution in [3.8, 4) is 0 Å². The first-order chi connectivity index (χ1) is 8.57. The summed E-state index contributed by atoms with van der Waals surface area (Å²) in [5.74, 6) is -0.332. The van der Waals surface area contributed by atoms with Crippen LogP contribution in [0.5, 0.6) is 0 Å². The summed E-state index contributed by atoms with van der Waals surface area (Å²) in [5.41, 5.74) is 5.68. The minimum atomic E-state index is -0.436. The summed E-state index contributed by atoms with van der Waals surface area (Å²) < 4.78 is 13.6. The van der Waals surface area contributed by atoms with Gasteiger partial charge in [0.05, 0.1) is 0 Å². The Balaban J connectivity index is 2.18. The molecule has 1 aliphatic carbocycles. The third-order valence-electron chi connectivity index (χ3n) is 3.90. The van der Waals surface area contributed by atoms with Crippen LogP contribution in [-0.2, 0) is 11.2 Å². The van der Waals surface area contributed by atoms with Crippen LogP contribution in [0.25, 0.3) is 0 Å². The smallest absolute Gasteiger partial charge is 0.144 e. The van der Waals surface area contributed by atoms with Gasteiger partial charge in [-0.3, -0.25) is 4.79 Å². The van der Waals surface area contributed by atoms with E-state index in [4.69, 9.17) is 17.3 Å². The summed E-state index contributed by atoms with van der Waals surface area (Å²) in [6.45, 7) is 0.355. The lowest BCUT2D eigenvalue weighted by Gasteiger charge is -2.25. The maximum atomic E-state index is 13.6. The number of ketones is 1. The Morgan fingerprint density at radius 3 is 2.67 bits per heavy atom. The van der Waals surface area contributed by atoms with Gasteiger partial charge in [-0.05, 0) is 36.6 Å². The first-order valence-corrected chi connectivity index (χ1v) is 6.62. The molecule has 98 valence electrons. The fourth-order valence-electron chi connectivity index (χ4n) is 2.69. The highest BCUT2D eigenvalue weighted by atomic mass is 35.5. The number of hydrogen-bond acceptors (Lipinski definition) is 2. The second kappa shape index (κ2) is 5.37. The number of rotatable bonds is 4. The fourth-order valence-corrected chi connectivity index (χ4v) is 2.88. The van der Waals surface area contributed by atoms with E-state index < -0.39 is 5.41 Å². The summed E-state index contributed by atoms with van der Waals surface area (Å²) in [6, 6.07) is 4.31. The van der Waals surface area contributed by atoms with Crippen LogP contribution in [0.15, 0.2) is 18.2 Å². The molecule has 2 rings (SSSR count). The van der Waals surface area contributed by atoms with Gasteiger partial charge in [0.25, 0.3) is 0 Å². The first kappa shape index (κ1) is 13.5. The Morgan fingerprint density at radius 1 is 1.39 bits per heavy atom. The largest absolute Gasteiger partial charge is 0.329 e. The maximum Gasteiger partial charge on any atom is 0.144 e. The van der Waals surface area contributed by atoms with Gasteiger partial charge in [-0.15, -0.1) is 0 Å². The van der Waals surface area contributed by atoms with Crippen LogP contribution in [0.3, 0.4) is 0 Å². The van der Waals surface area contributed by atoms with Crippen molar-refractivity contribution in [1.82, 2.24) is 0 Å². The molecule has 0 heterocycles. The highest BCUT2D eigenvalue weighted by Gasteiger charge is 2.39. The van der Waals surface area contributed by atoms with Crippen LogP contribution in [0, 0.1) is 11.2 Å². The van der Waals surface area contributed by atoms with Crippen LogP contribution in [0.4, 0.5) is 4.39 Å². The zero-order valence-corrected chi connectivity index (χ0v) is 11.0. The van der Waals surface area contributed by atoms with E-state index in [9.17, 15) is 9.18 Å². The van der Waals surface area contributed by atoms with Crippen molar-refractivity contribution in [3.05, 3.63) is 34.6 Å². The lowest BCUT2D eigenvalue weighted by molar-refractivity contribution is -0.127. The van der Waals surface area contributed by atoms with Crippen LogP contribution < -0.4 is 5.73 Å². The van der Waals surface area contributed by atoms with E-state index in [0.717, 1.165) is 25.7 Å². The number of benzene rings is 1. The van der Waals surface area contributed by atoms with Crippen molar-refractivity contribution in [1.29, 1.82) is 0 Å². The van der Waals surface area contributed by atoms with Gasteiger partial charge in [0.1, 0.15) is 11.6 Å². The summed E-state index contributed by atoms with van der Waals surface area (Å²) in [6.07, 6.45) is 3.79. The minimum absolute atomic E-state index is 0.0451. The molecular formula is C14H17ClFNO. The Kier molecular flexibility index (Phi) is 4.03. The van der Waals surface area contributed by atoms with Crippen molar-refractivity contribution in [3.63, 3.8) is 0 Å². The van der Waals surface area contributed by atoms with Crippen molar-refractivity contribution in [2.45, 2.75) is 32.1 Å². The van der Waals surface area contributed by atoms with Gasteiger partial charge in [0, 0.05) is 23.4 Å². The van der Waals surface area contributed by atoms with Gasteiger partial charge in [-0.2, -0.15) is 0 Å². The summed E-state index contributed by atoms with van der Waals surface area (Å²) in [4.78, 5) is 12.3. The second-order valence-corrected chi connectivity index (χ2v) is 5.46. The highest BCUT2D eigenvalue weighted by molar-refractivity contribution is 6.30. The number of carbonyl (C=O) groups is 1. The Morgan fingerprint density at radius 2 is 2.06 bits per heavy atom. The van der Waals surface area contributed by atoms with Gasteiger partial charge in [-0.1, -0.05) is 24.4 Å². The third-order valence-corrected chi connectivity index (χ3v) is 4.14. The van der Waals surface area contributed by atoms with E-state index >= 15 is 0 Å². The number of carbonyl (C=O) groups excluding carboxylic acids is 1. The van der Waals surface area contributed by atoms with Crippen molar-refractivity contribution in [2.75, 3.05) is 6.54 Å². The second-order valence-electron chi connectivity index (χ2n) is 5.03. The summed E-state index contributed by atoms with van der Waals surface area (Å²) >= 11 is 5.83. The molecule has 0 spiro atoms. The Hall–Kier alpha value is -0.930. The fraction of sp³-hybridized carbons (Fsp3) is 0.500. The molecule has 0 atom stereocenters. The van der Waals surface area contributed by atoms with E-state index in [-0.39, 0.29) is 18.0 Å². The van der Waals surface area contributed by atoms with Gasteiger partial charge in [0.15, 0.2) is 0 Å². The summed E-state index contributed by atoms with van der Waals surface area (Å²) in [7, 11) is 0. The minimum Gasteiger partial charge on any atom is -0.329 e. The molecule has 4 heteroatoms. The van der Waals surface area contributed by atoms with Crippen LogP contribution in [0.1, 0.15) is 31.2 Å². The predicted molar refractivity (Wildman–Crippen MR) is 70.1 cm³/mol. The average Bonchev–Trinajstić information content (AvgIpc) is 2.84. The molecule has 0 amide bonds. The molecule has 2 N–H and O–H groups in total. The third kappa shape index (κ3) is 2.57. The number of Topliss-reactive ketones (excluding diaryl/α,β-unsaturated/α-hetero) is 1. The lowest BCUT2D eigenvalue weighted by Crippen LogP contribution is -2.37. The molecule has 1 aromatic rings. The zero-order valence-electron chi connectivity index (χ0n) is 10.2. The summed E-state index contributed by atoms with van der Waals surface area (Å²) in [5, 5.41) is 0.451. The SMILES string of the molecule is NCC1(C(=O)Cc2cc(Cl)ccc2F)CCCC1. The zero-order chi connectivity index (χ0) is 13.2. The molecule has 1 fully saturated rings. The number of halogens is 2. The molecule has 18 heavy (non-hydrogen) atoms. The van der Waals surface area contributed by atoms with Crippen LogP contribution in [-0.4, -0.2) is 12.3 Å². The standard InChI is InChI=1S/C14H17ClFNO/c15-11-3-4-12(16)10(7-11)8-13(18)14(9-17)5-1-2-6-14/h3-4,7H,1-2,5-6,8-9,17H2. The molecule has 0 aromatic heterocycles. The lowest BCUT2D eigenvalue weighted by atomic mass is 9.79. The number of nitrogens with two attached hydrogens (primary N) is 1. The van der Waals surface area contributed by atoms with Crippen molar-refractivity contribution >= 4 is 17.4 Å². The normalized spacial score (nSPS) is 17.9. The van der Waals surface area contributed by atoms with Crippen molar-refractivity contribution in [2.24, 2.45) is 11.1 Å². The molecule has 0 radical (unpaired) electrons. The van der Waals surface area contributed by atoms with Crippen LogP contribution in [0.2, 0.25) is 5.02 Å². The van der Waals surface area contributed by atoms with Gasteiger partial charge in [-0.25, -0.2) is 4.39 Å². The molecule has 1 aromatic carbocycles. The van der Waals surface area contributed by atoms with Gasteiger partial charge >= 0.3 is 0 Å². The molecular weight excluding hydrogens is 253 g/mol.